The molecule has 9 nitrogen and oxygen atoms in total. The molecule has 0 spiro atoms. The summed E-state index contributed by atoms with van der Waals surface area (Å²) in [5.41, 5.74) is 1.43. The molecule has 28 heavy (non-hydrogen) atoms. The zero-order valence-electron chi connectivity index (χ0n) is 15.0. The number of aromatic nitrogens is 6. The van der Waals surface area contributed by atoms with Crippen LogP contribution in [-0.4, -0.2) is 29.4 Å². The van der Waals surface area contributed by atoms with Crippen molar-refractivity contribution >= 4 is 28.4 Å². The minimum atomic E-state index is -0.105. The van der Waals surface area contributed by atoms with Gasteiger partial charge in [-0.3, -0.25) is 13.8 Å². The van der Waals surface area contributed by atoms with Crippen molar-refractivity contribution in [2.75, 3.05) is 0 Å². The molecule has 0 N–H and O–H groups in total. The average Bonchev–Trinajstić information content (AvgIpc) is 3.43. The van der Waals surface area contributed by atoms with Gasteiger partial charge in [-0.2, -0.15) is 0 Å². The van der Waals surface area contributed by atoms with Crippen molar-refractivity contribution in [1.82, 2.24) is 29.4 Å². The van der Waals surface area contributed by atoms with E-state index in [9.17, 15) is 4.79 Å². The van der Waals surface area contributed by atoms with E-state index in [0.29, 0.717) is 33.9 Å². The lowest BCUT2D eigenvalue weighted by atomic mass is 10.2. The van der Waals surface area contributed by atoms with E-state index in [2.05, 4.69) is 20.4 Å². The number of benzene rings is 1. The molecule has 0 fully saturated rings. The molecule has 4 aromatic heterocycles. The Morgan fingerprint density at radius 1 is 1.11 bits per heavy atom. The molecule has 140 valence electrons. The van der Waals surface area contributed by atoms with Crippen LogP contribution in [-0.2, 0) is 12.8 Å². The molecule has 0 saturated carbocycles. The van der Waals surface area contributed by atoms with Crippen LogP contribution >= 0.6 is 11.8 Å². The van der Waals surface area contributed by atoms with E-state index in [1.54, 1.807) is 25.4 Å². The standard InChI is InChI=1S/C18H14N6O3S/c1-10-11(7-8-26-10)15-20-22-18(27-15)28-9-14-19-21-17-23(2)16(25)12-5-3-4-6-13(12)24(14)17/h3-8H,9H2,1-2H3. The fraction of sp³-hybridized carbons (Fsp3) is 0.167. The van der Waals surface area contributed by atoms with Crippen LogP contribution in [0, 0.1) is 6.92 Å². The quantitative estimate of drug-likeness (QED) is 0.429. The van der Waals surface area contributed by atoms with Crippen molar-refractivity contribution in [3.63, 3.8) is 0 Å². The first kappa shape index (κ1) is 16.8. The highest BCUT2D eigenvalue weighted by Gasteiger charge is 2.17. The Hall–Kier alpha value is -3.40. The molecule has 1 aromatic carbocycles. The average molecular weight is 394 g/mol. The number of para-hydroxylation sites is 1. The first-order chi connectivity index (χ1) is 13.6. The summed E-state index contributed by atoms with van der Waals surface area (Å²) in [6, 6.07) is 9.19. The first-order valence-corrected chi connectivity index (χ1v) is 9.44. The Labute approximate surface area is 162 Å². The van der Waals surface area contributed by atoms with Crippen LogP contribution in [0.4, 0.5) is 0 Å². The number of rotatable bonds is 4. The molecule has 0 atom stereocenters. The van der Waals surface area contributed by atoms with E-state index in [-0.39, 0.29) is 5.56 Å². The molecule has 0 saturated heterocycles. The third-order valence-corrected chi connectivity index (χ3v) is 5.33. The number of furan rings is 1. The van der Waals surface area contributed by atoms with Gasteiger partial charge in [0.05, 0.1) is 28.5 Å². The van der Waals surface area contributed by atoms with Gasteiger partial charge < -0.3 is 8.83 Å². The highest BCUT2D eigenvalue weighted by Crippen LogP contribution is 2.28. The summed E-state index contributed by atoms with van der Waals surface area (Å²) in [5, 5.41) is 17.6. The van der Waals surface area contributed by atoms with Gasteiger partial charge in [0.1, 0.15) is 11.6 Å². The van der Waals surface area contributed by atoms with Gasteiger partial charge >= 0.3 is 0 Å². The normalized spacial score (nSPS) is 11.6. The van der Waals surface area contributed by atoms with Crippen LogP contribution < -0.4 is 5.56 Å². The van der Waals surface area contributed by atoms with Crippen molar-refractivity contribution in [2.24, 2.45) is 7.05 Å². The Bertz CT molecular complexity index is 1380. The van der Waals surface area contributed by atoms with Crippen molar-refractivity contribution < 1.29 is 8.83 Å². The second-order valence-corrected chi connectivity index (χ2v) is 7.11. The molecule has 0 radical (unpaired) electrons. The molecule has 5 aromatic rings. The van der Waals surface area contributed by atoms with Crippen molar-refractivity contribution in [3.8, 4) is 11.5 Å². The molecule has 0 aliphatic carbocycles. The first-order valence-electron chi connectivity index (χ1n) is 8.46. The number of aryl methyl sites for hydroxylation is 2. The van der Waals surface area contributed by atoms with Gasteiger partial charge in [-0.15, -0.1) is 20.4 Å². The molecule has 10 heteroatoms. The lowest BCUT2D eigenvalue weighted by Gasteiger charge is -2.07. The van der Waals surface area contributed by atoms with Gasteiger partial charge in [0.2, 0.25) is 5.78 Å². The van der Waals surface area contributed by atoms with Crippen LogP contribution in [0.25, 0.3) is 28.1 Å². The number of hydrogen-bond donors (Lipinski definition) is 0. The van der Waals surface area contributed by atoms with Crippen LogP contribution in [0.15, 0.2) is 55.4 Å². The van der Waals surface area contributed by atoms with Gasteiger partial charge in [-0.25, -0.2) is 0 Å². The molecule has 0 unspecified atom stereocenters. The van der Waals surface area contributed by atoms with Gasteiger partial charge in [0, 0.05) is 7.05 Å². The Kier molecular flexibility index (Phi) is 3.79. The summed E-state index contributed by atoms with van der Waals surface area (Å²) in [6.07, 6.45) is 1.58. The minimum Gasteiger partial charge on any atom is -0.469 e. The summed E-state index contributed by atoms with van der Waals surface area (Å²) >= 11 is 1.35. The maximum Gasteiger partial charge on any atom is 0.277 e. The molecule has 5 rings (SSSR count). The number of thioether (sulfide) groups is 1. The molecule has 0 aliphatic heterocycles. The molecular formula is C18H14N6O3S. The third kappa shape index (κ3) is 2.53. The highest BCUT2D eigenvalue weighted by atomic mass is 32.2. The molecule has 0 amide bonds. The lowest BCUT2D eigenvalue weighted by Crippen LogP contribution is -2.20. The van der Waals surface area contributed by atoms with E-state index >= 15 is 0 Å². The molecule has 4 heterocycles. The van der Waals surface area contributed by atoms with Crippen LogP contribution in [0.3, 0.4) is 0 Å². The van der Waals surface area contributed by atoms with E-state index in [1.165, 1.54) is 16.3 Å². The number of hydrogen-bond acceptors (Lipinski definition) is 8. The van der Waals surface area contributed by atoms with Crippen LogP contribution in [0.2, 0.25) is 0 Å². The monoisotopic (exact) mass is 394 g/mol. The topological polar surface area (TPSA) is 104 Å². The Morgan fingerprint density at radius 2 is 1.96 bits per heavy atom. The van der Waals surface area contributed by atoms with E-state index < -0.39 is 0 Å². The summed E-state index contributed by atoms with van der Waals surface area (Å²) in [5.74, 6) is 2.75. The summed E-state index contributed by atoms with van der Waals surface area (Å²) in [7, 11) is 1.69. The largest absolute Gasteiger partial charge is 0.469 e. The van der Waals surface area contributed by atoms with Crippen LogP contribution in [0.1, 0.15) is 11.6 Å². The maximum atomic E-state index is 12.5. The van der Waals surface area contributed by atoms with E-state index in [1.807, 2.05) is 29.5 Å². The Morgan fingerprint density at radius 3 is 2.79 bits per heavy atom. The van der Waals surface area contributed by atoms with Gasteiger partial charge in [-0.05, 0) is 25.1 Å². The zero-order valence-corrected chi connectivity index (χ0v) is 15.8. The highest BCUT2D eigenvalue weighted by molar-refractivity contribution is 7.98. The van der Waals surface area contributed by atoms with Crippen molar-refractivity contribution in [1.29, 1.82) is 0 Å². The summed E-state index contributed by atoms with van der Waals surface area (Å²) in [4.78, 5) is 12.5. The molecule has 0 aliphatic rings. The maximum absolute atomic E-state index is 12.5. The smallest absolute Gasteiger partial charge is 0.277 e. The lowest BCUT2D eigenvalue weighted by molar-refractivity contribution is 0.463. The van der Waals surface area contributed by atoms with Crippen molar-refractivity contribution in [3.05, 3.63) is 58.5 Å². The fourth-order valence-electron chi connectivity index (χ4n) is 3.10. The van der Waals surface area contributed by atoms with Gasteiger partial charge in [0.15, 0.2) is 0 Å². The SMILES string of the molecule is Cc1occc1-c1nnc(SCc2nnc3n(C)c(=O)c4ccccc4n23)o1. The number of fused-ring (bicyclic) bond motifs is 3. The summed E-state index contributed by atoms with van der Waals surface area (Å²) in [6.45, 7) is 1.84. The third-order valence-electron chi connectivity index (χ3n) is 4.51. The fourth-order valence-corrected chi connectivity index (χ4v) is 3.77. The van der Waals surface area contributed by atoms with E-state index in [0.717, 1.165) is 16.8 Å². The second kappa shape index (κ2) is 6.34. The summed E-state index contributed by atoms with van der Waals surface area (Å²) < 4.78 is 14.4. The Balaban J connectivity index is 1.51. The second-order valence-electron chi connectivity index (χ2n) is 6.19. The van der Waals surface area contributed by atoms with Crippen molar-refractivity contribution in [2.45, 2.75) is 17.9 Å². The van der Waals surface area contributed by atoms with Gasteiger partial charge in [0.25, 0.3) is 16.7 Å². The number of nitrogens with zero attached hydrogens (tertiary/aromatic N) is 6. The van der Waals surface area contributed by atoms with Crippen LogP contribution in [0.5, 0.6) is 0 Å². The zero-order chi connectivity index (χ0) is 19.3. The van der Waals surface area contributed by atoms with Gasteiger partial charge in [-0.1, -0.05) is 23.9 Å². The molecular weight excluding hydrogens is 380 g/mol. The molecule has 0 bridgehead atoms. The predicted molar refractivity (Wildman–Crippen MR) is 102 cm³/mol. The van der Waals surface area contributed by atoms with E-state index in [4.69, 9.17) is 8.83 Å². The predicted octanol–water partition coefficient (Wildman–Crippen LogP) is 2.82. The minimum absolute atomic E-state index is 0.105.